The number of rotatable bonds is 1. The molecule has 2 rings (SSSR count). The molecule has 3 N–H and O–H groups in total. The van der Waals surface area contributed by atoms with Crippen molar-refractivity contribution in [2.75, 3.05) is 5.73 Å². The summed E-state index contributed by atoms with van der Waals surface area (Å²) in [6.45, 7) is 1.92. The fraction of sp³-hybridized carbons (Fsp3) is 0.125. The lowest BCUT2D eigenvalue weighted by atomic mass is 10.1. The van der Waals surface area contributed by atoms with Crippen molar-refractivity contribution in [3.63, 3.8) is 0 Å². The summed E-state index contributed by atoms with van der Waals surface area (Å²) >= 11 is 0. The van der Waals surface area contributed by atoms with Crippen LogP contribution < -0.4 is 5.73 Å². The first-order valence-corrected chi connectivity index (χ1v) is 3.62. The Morgan fingerprint density at radius 3 is 2.92 bits per heavy atom. The van der Waals surface area contributed by atoms with Crippen LogP contribution in [0.3, 0.4) is 0 Å². The minimum Gasteiger partial charge on any atom is -0.472 e. The number of aromatic nitrogens is 2. The molecule has 0 unspecified atom stereocenters. The zero-order chi connectivity index (χ0) is 8.55. The molecule has 0 saturated carbocycles. The zero-order valence-electron chi connectivity index (χ0n) is 6.66. The highest BCUT2D eigenvalue weighted by Crippen LogP contribution is 2.27. The van der Waals surface area contributed by atoms with Crippen LogP contribution in [0.15, 0.2) is 23.0 Å². The van der Waals surface area contributed by atoms with Crippen LogP contribution in [0.5, 0.6) is 0 Å². The number of hydrogen-bond donors (Lipinski definition) is 2. The van der Waals surface area contributed by atoms with Crippen molar-refractivity contribution in [1.29, 1.82) is 0 Å². The number of anilines is 1. The van der Waals surface area contributed by atoms with Gasteiger partial charge in [0.2, 0.25) is 0 Å². The van der Waals surface area contributed by atoms with E-state index < -0.39 is 0 Å². The molecule has 0 aliphatic rings. The van der Waals surface area contributed by atoms with Gasteiger partial charge in [0.05, 0.1) is 12.5 Å². The summed E-state index contributed by atoms with van der Waals surface area (Å²) < 4.78 is 4.95. The maximum atomic E-state index is 5.65. The fourth-order valence-electron chi connectivity index (χ4n) is 1.22. The summed E-state index contributed by atoms with van der Waals surface area (Å²) in [5.74, 6) is 0.508. The first-order valence-electron chi connectivity index (χ1n) is 3.62. The zero-order valence-corrected chi connectivity index (χ0v) is 6.66. The first-order chi connectivity index (χ1) is 5.79. The molecule has 0 bridgehead atoms. The molecular weight excluding hydrogens is 154 g/mol. The predicted octanol–water partition coefficient (Wildman–Crippen LogP) is 1.56. The maximum absolute atomic E-state index is 5.65. The molecule has 62 valence electrons. The molecule has 0 aliphatic carbocycles. The van der Waals surface area contributed by atoms with Crippen LogP contribution in [-0.2, 0) is 0 Å². The number of aromatic amines is 1. The third-order valence-corrected chi connectivity index (χ3v) is 1.79. The first kappa shape index (κ1) is 6.97. The van der Waals surface area contributed by atoms with Gasteiger partial charge in [-0.15, -0.1) is 0 Å². The van der Waals surface area contributed by atoms with Gasteiger partial charge in [0.15, 0.2) is 5.82 Å². The number of nitrogens with zero attached hydrogens (tertiary/aromatic N) is 1. The van der Waals surface area contributed by atoms with Gasteiger partial charge in [0, 0.05) is 16.8 Å². The van der Waals surface area contributed by atoms with E-state index in [1.165, 1.54) is 0 Å². The highest BCUT2D eigenvalue weighted by atomic mass is 16.3. The van der Waals surface area contributed by atoms with Crippen LogP contribution in [0.2, 0.25) is 0 Å². The summed E-state index contributed by atoms with van der Waals surface area (Å²) in [6, 6.07) is 1.86. The Morgan fingerprint density at radius 1 is 1.58 bits per heavy atom. The Balaban J connectivity index is 2.60. The van der Waals surface area contributed by atoms with Gasteiger partial charge in [-0.3, -0.25) is 5.10 Å². The van der Waals surface area contributed by atoms with Crippen molar-refractivity contribution < 1.29 is 4.42 Å². The van der Waals surface area contributed by atoms with Crippen LogP contribution in [0, 0.1) is 6.92 Å². The lowest BCUT2D eigenvalue weighted by molar-refractivity contribution is 0.568. The summed E-state index contributed by atoms with van der Waals surface area (Å²) in [7, 11) is 0. The molecular formula is C8H9N3O. The van der Waals surface area contributed by atoms with Gasteiger partial charge in [-0.25, -0.2) is 0 Å². The molecule has 0 radical (unpaired) electrons. The molecule has 0 spiro atoms. The molecule has 4 nitrogen and oxygen atoms in total. The van der Waals surface area contributed by atoms with Crippen molar-refractivity contribution >= 4 is 5.82 Å². The third-order valence-electron chi connectivity index (χ3n) is 1.79. The molecule has 2 aromatic heterocycles. The summed E-state index contributed by atoms with van der Waals surface area (Å²) in [4.78, 5) is 0. The Labute approximate surface area is 69.4 Å². The second-order valence-electron chi connectivity index (χ2n) is 2.62. The van der Waals surface area contributed by atoms with Gasteiger partial charge in [-0.05, 0) is 13.0 Å². The number of nitrogens with two attached hydrogens (primary N) is 1. The van der Waals surface area contributed by atoms with Crippen molar-refractivity contribution in [3.8, 4) is 11.1 Å². The highest BCUT2D eigenvalue weighted by molar-refractivity contribution is 5.75. The van der Waals surface area contributed by atoms with E-state index in [2.05, 4.69) is 10.2 Å². The van der Waals surface area contributed by atoms with Gasteiger partial charge in [0.1, 0.15) is 0 Å². The predicted molar refractivity (Wildman–Crippen MR) is 45.4 cm³/mol. The molecule has 2 heterocycles. The molecule has 4 heteroatoms. The fourth-order valence-corrected chi connectivity index (χ4v) is 1.22. The number of nitrogen functional groups attached to an aromatic ring is 1. The monoisotopic (exact) mass is 163 g/mol. The normalized spacial score (nSPS) is 10.4. The molecule has 0 atom stereocenters. The van der Waals surface area contributed by atoms with Gasteiger partial charge >= 0.3 is 0 Å². The second kappa shape index (κ2) is 2.41. The largest absolute Gasteiger partial charge is 0.472 e. The van der Waals surface area contributed by atoms with E-state index in [4.69, 9.17) is 10.2 Å². The van der Waals surface area contributed by atoms with Gasteiger partial charge < -0.3 is 10.2 Å². The molecule has 0 fully saturated rings. The van der Waals surface area contributed by atoms with E-state index >= 15 is 0 Å². The topological polar surface area (TPSA) is 67.8 Å². The van der Waals surface area contributed by atoms with Crippen molar-refractivity contribution in [2.45, 2.75) is 6.92 Å². The molecule has 0 aliphatic heterocycles. The van der Waals surface area contributed by atoms with Crippen LogP contribution >= 0.6 is 0 Å². The lowest BCUT2D eigenvalue weighted by Gasteiger charge is -1.93. The summed E-state index contributed by atoms with van der Waals surface area (Å²) in [5.41, 5.74) is 8.48. The standard InChI is InChI=1S/C8H9N3O/c1-5-7(8(9)11-10-5)6-2-3-12-4-6/h2-4H,1H3,(H3,9,10,11). The number of H-pyrrole nitrogens is 1. The van der Waals surface area contributed by atoms with E-state index in [9.17, 15) is 0 Å². The van der Waals surface area contributed by atoms with E-state index in [0.29, 0.717) is 5.82 Å². The van der Waals surface area contributed by atoms with E-state index in [1.54, 1.807) is 12.5 Å². The Morgan fingerprint density at radius 2 is 2.42 bits per heavy atom. The van der Waals surface area contributed by atoms with Crippen molar-refractivity contribution in [1.82, 2.24) is 10.2 Å². The molecule has 0 amide bonds. The summed E-state index contributed by atoms with van der Waals surface area (Å²) in [6.07, 6.45) is 3.26. The minimum atomic E-state index is 0.508. The van der Waals surface area contributed by atoms with Crippen LogP contribution in [-0.4, -0.2) is 10.2 Å². The van der Waals surface area contributed by atoms with Gasteiger partial charge in [-0.1, -0.05) is 0 Å². The number of nitrogens with one attached hydrogen (secondary N) is 1. The minimum absolute atomic E-state index is 0.508. The molecule has 0 saturated heterocycles. The quantitative estimate of drug-likeness (QED) is 0.670. The van der Waals surface area contributed by atoms with Gasteiger partial charge in [-0.2, -0.15) is 5.10 Å². The number of aryl methyl sites for hydroxylation is 1. The smallest absolute Gasteiger partial charge is 0.153 e. The third kappa shape index (κ3) is 0.887. The Kier molecular flexibility index (Phi) is 1.40. The van der Waals surface area contributed by atoms with Crippen LogP contribution in [0.25, 0.3) is 11.1 Å². The Bertz CT molecular complexity index is 355. The van der Waals surface area contributed by atoms with E-state index in [1.807, 2.05) is 13.0 Å². The van der Waals surface area contributed by atoms with Crippen molar-refractivity contribution in [3.05, 3.63) is 24.3 Å². The number of hydrogen-bond acceptors (Lipinski definition) is 3. The Hall–Kier alpha value is -1.71. The molecule has 0 aromatic carbocycles. The average Bonchev–Trinajstić information content (AvgIpc) is 2.61. The molecule has 2 aromatic rings. The lowest BCUT2D eigenvalue weighted by Crippen LogP contribution is -1.86. The summed E-state index contributed by atoms with van der Waals surface area (Å²) in [5, 5.41) is 6.69. The van der Waals surface area contributed by atoms with Crippen molar-refractivity contribution in [2.24, 2.45) is 0 Å². The number of furan rings is 1. The van der Waals surface area contributed by atoms with E-state index in [-0.39, 0.29) is 0 Å². The van der Waals surface area contributed by atoms with Gasteiger partial charge in [0.25, 0.3) is 0 Å². The SMILES string of the molecule is Cc1[nH]nc(N)c1-c1ccoc1. The second-order valence-corrected chi connectivity index (χ2v) is 2.62. The van der Waals surface area contributed by atoms with Crippen LogP contribution in [0.1, 0.15) is 5.69 Å². The van der Waals surface area contributed by atoms with Crippen LogP contribution in [0.4, 0.5) is 5.82 Å². The van der Waals surface area contributed by atoms with E-state index in [0.717, 1.165) is 16.8 Å². The average molecular weight is 163 g/mol. The molecule has 12 heavy (non-hydrogen) atoms. The highest BCUT2D eigenvalue weighted by Gasteiger charge is 2.09. The maximum Gasteiger partial charge on any atom is 0.153 e.